The molecule has 0 aromatic heterocycles. The molecule has 2 atom stereocenters. The molecule has 0 amide bonds. The lowest BCUT2D eigenvalue weighted by Gasteiger charge is -2.20. The molecule has 0 saturated carbocycles. The zero-order valence-electron chi connectivity index (χ0n) is 12.8. The van der Waals surface area contributed by atoms with Gasteiger partial charge in [-0.05, 0) is 17.9 Å². The summed E-state index contributed by atoms with van der Waals surface area (Å²) in [5.41, 5.74) is 7.68. The first-order chi connectivity index (χ1) is 9.25. The lowest BCUT2D eigenvalue weighted by atomic mass is 9.90. The van der Waals surface area contributed by atoms with Crippen LogP contribution in [0.5, 0.6) is 0 Å². The van der Waals surface area contributed by atoms with E-state index in [-0.39, 0.29) is 0 Å². The Labute approximate surface area is 119 Å². The molecule has 0 fully saturated rings. The van der Waals surface area contributed by atoms with Crippen LogP contribution in [0.1, 0.15) is 76.7 Å². The van der Waals surface area contributed by atoms with Gasteiger partial charge >= 0.3 is 0 Å². The largest absolute Gasteiger partial charge is 0.327 e. The van der Waals surface area contributed by atoms with E-state index in [1.165, 1.54) is 50.5 Å². The standard InChI is InChI=1S/C18H31N/c1-3-4-5-6-7-8-12-15-18(19)16(2)17-13-10-9-11-14-17/h9-11,13-14,16,18H,3-8,12,15,19H2,1-2H3. The quantitative estimate of drug-likeness (QED) is 0.571. The van der Waals surface area contributed by atoms with Gasteiger partial charge in [0.25, 0.3) is 0 Å². The minimum absolute atomic E-state index is 0.304. The van der Waals surface area contributed by atoms with Crippen LogP contribution in [-0.2, 0) is 0 Å². The van der Waals surface area contributed by atoms with Gasteiger partial charge in [0, 0.05) is 6.04 Å². The van der Waals surface area contributed by atoms with Gasteiger partial charge in [0.15, 0.2) is 0 Å². The van der Waals surface area contributed by atoms with E-state index in [2.05, 4.69) is 44.2 Å². The van der Waals surface area contributed by atoms with Crippen molar-refractivity contribution < 1.29 is 0 Å². The Kier molecular flexibility index (Phi) is 8.57. The highest BCUT2D eigenvalue weighted by Gasteiger charge is 2.13. The van der Waals surface area contributed by atoms with Crippen LogP contribution in [0.25, 0.3) is 0 Å². The van der Waals surface area contributed by atoms with Crippen molar-refractivity contribution in [3.05, 3.63) is 35.9 Å². The monoisotopic (exact) mass is 261 g/mol. The van der Waals surface area contributed by atoms with Crippen LogP contribution in [0.15, 0.2) is 30.3 Å². The molecule has 1 heteroatoms. The van der Waals surface area contributed by atoms with Gasteiger partial charge in [-0.1, -0.05) is 89.1 Å². The molecule has 0 aliphatic heterocycles. The summed E-state index contributed by atoms with van der Waals surface area (Å²) in [7, 11) is 0. The number of nitrogens with two attached hydrogens (primary N) is 1. The molecule has 1 aromatic rings. The van der Waals surface area contributed by atoms with Gasteiger partial charge in [0.1, 0.15) is 0 Å². The lowest BCUT2D eigenvalue weighted by molar-refractivity contribution is 0.485. The SMILES string of the molecule is CCCCCCCCCC(N)C(C)c1ccccc1. The highest BCUT2D eigenvalue weighted by Crippen LogP contribution is 2.21. The molecule has 0 spiro atoms. The molecule has 1 rings (SSSR count). The summed E-state index contributed by atoms with van der Waals surface area (Å²) in [4.78, 5) is 0. The first-order valence-electron chi connectivity index (χ1n) is 8.06. The zero-order chi connectivity index (χ0) is 13.9. The number of rotatable bonds is 10. The van der Waals surface area contributed by atoms with Crippen molar-refractivity contribution in [3.63, 3.8) is 0 Å². The van der Waals surface area contributed by atoms with Crippen LogP contribution >= 0.6 is 0 Å². The highest BCUT2D eigenvalue weighted by atomic mass is 14.6. The van der Waals surface area contributed by atoms with E-state index in [1.54, 1.807) is 0 Å². The second-order valence-corrected chi connectivity index (χ2v) is 5.77. The number of unbranched alkanes of at least 4 members (excludes halogenated alkanes) is 6. The molecule has 1 aromatic carbocycles. The molecule has 0 bridgehead atoms. The molecule has 2 N–H and O–H groups in total. The average molecular weight is 261 g/mol. The van der Waals surface area contributed by atoms with Gasteiger partial charge < -0.3 is 5.73 Å². The summed E-state index contributed by atoms with van der Waals surface area (Å²) >= 11 is 0. The van der Waals surface area contributed by atoms with E-state index in [0.717, 1.165) is 6.42 Å². The molecular weight excluding hydrogens is 230 g/mol. The average Bonchev–Trinajstić information content (AvgIpc) is 2.46. The van der Waals surface area contributed by atoms with Crippen LogP contribution in [0.2, 0.25) is 0 Å². The Bertz CT molecular complexity index is 307. The molecule has 2 unspecified atom stereocenters. The fourth-order valence-corrected chi connectivity index (χ4v) is 2.59. The van der Waals surface area contributed by atoms with Crippen LogP contribution in [-0.4, -0.2) is 6.04 Å². The molecule has 0 saturated heterocycles. The lowest BCUT2D eigenvalue weighted by Crippen LogP contribution is -2.26. The minimum Gasteiger partial charge on any atom is -0.327 e. The van der Waals surface area contributed by atoms with Crippen molar-refractivity contribution in [1.29, 1.82) is 0 Å². The van der Waals surface area contributed by atoms with Crippen LogP contribution in [0.3, 0.4) is 0 Å². The third-order valence-electron chi connectivity index (χ3n) is 4.11. The Balaban J connectivity index is 2.12. The second-order valence-electron chi connectivity index (χ2n) is 5.77. The maximum atomic E-state index is 6.31. The van der Waals surface area contributed by atoms with E-state index < -0.39 is 0 Å². The van der Waals surface area contributed by atoms with Gasteiger partial charge in [0.05, 0.1) is 0 Å². The number of benzene rings is 1. The molecule has 0 aliphatic carbocycles. The first kappa shape index (κ1) is 16.2. The van der Waals surface area contributed by atoms with Crippen molar-refractivity contribution in [3.8, 4) is 0 Å². The van der Waals surface area contributed by atoms with Gasteiger partial charge in [-0.25, -0.2) is 0 Å². The van der Waals surface area contributed by atoms with Gasteiger partial charge in [-0.2, -0.15) is 0 Å². The maximum Gasteiger partial charge on any atom is 0.0105 e. The summed E-state index contributed by atoms with van der Waals surface area (Å²) < 4.78 is 0. The predicted octanol–water partition coefficient (Wildman–Crippen LogP) is 5.26. The summed E-state index contributed by atoms with van der Waals surface area (Å²) in [5.74, 6) is 0.473. The summed E-state index contributed by atoms with van der Waals surface area (Å²) in [6.45, 7) is 4.52. The molecular formula is C18H31N. The van der Waals surface area contributed by atoms with Crippen molar-refractivity contribution >= 4 is 0 Å². The van der Waals surface area contributed by atoms with E-state index in [1.807, 2.05) is 0 Å². The Morgan fingerprint density at radius 1 is 0.895 bits per heavy atom. The van der Waals surface area contributed by atoms with E-state index in [0.29, 0.717) is 12.0 Å². The Hall–Kier alpha value is -0.820. The molecule has 108 valence electrons. The predicted molar refractivity (Wildman–Crippen MR) is 85.4 cm³/mol. The van der Waals surface area contributed by atoms with Gasteiger partial charge in [0.2, 0.25) is 0 Å². The zero-order valence-corrected chi connectivity index (χ0v) is 12.8. The van der Waals surface area contributed by atoms with Crippen molar-refractivity contribution in [1.82, 2.24) is 0 Å². The summed E-state index contributed by atoms with van der Waals surface area (Å²) in [5, 5.41) is 0. The molecule has 19 heavy (non-hydrogen) atoms. The van der Waals surface area contributed by atoms with E-state index in [4.69, 9.17) is 5.73 Å². The highest BCUT2D eigenvalue weighted by molar-refractivity contribution is 5.20. The maximum absolute atomic E-state index is 6.31. The van der Waals surface area contributed by atoms with Crippen molar-refractivity contribution in [2.24, 2.45) is 5.73 Å². The minimum atomic E-state index is 0.304. The van der Waals surface area contributed by atoms with Crippen LogP contribution < -0.4 is 5.73 Å². The molecule has 0 radical (unpaired) electrons. The topological polar surface area (TPSA) is 26.0 Å². The van der Waals surface area contributed by atoms with Crippen LogP contribution in [0.4, 0.5) is 0 Å². The molecule has 0 aliphatic rings. The Morgan fingerprint density at radius 2 is 1.47 bits per heavy atom. The van der Waals surface area contributed by atoms with Crippen LogP contribution in [0, 0.1) is 0 Å². The smallest absolute Gasteiger partial charge is 0.0105 e. The van der Waals surface area contributed by atoms with Crippen molar-refractivity contribution in [2.45, 2.75) is 77.2 Å². The normalized spacial score (nSPS) is 14.3. The van der Waals surface area contributed by atoms with E-state index in [9.17, 15) is 0 Å². The molecule has 0 heterocycles. The third kappa shape index (κ3) is 6.77. The van der Waals surface area contributed by atoms with Gasteiger partial charge in [-0.15, -0.1) is 0 Å². The number of hydrogen-bond donors (Lipinski definition) is 1. The fraction of sp³-hybridized carbons (Fsp3) is 0.667. The van der Waals surface area contributed by atoms with E-state index >= 15 is 0 Å². The summed E-state index contributed by atoms with van der Waals surface area (Å²) in [6, 6.07) is 11.0. The number of hydrogen-bond acceptors (Lipinski definition) is 1. The van der Waals surface area contributed by atoms with Gasteiger partial charge in [-0.3, -0.25) is 0 Å². The third-order valence-corrected chi connectivity index (χ3v) is 4.11. The molecule has 1 nitrogen and oxygen atoms in total. The Morgan fingerprint density at radius 3 is 2.11 bits per heavy atom. The first-order valence-corrected chi connectivity index (χ1v) is 8.06. The fourth-order valence-electron chi connectivity index (χ4n) is 2.59. The van der Waals surface area contributed by atoms with Crippen molar-refractivity contribution in [2.75, 3.05) is 0 Å². The second kappa shape index (κ2) is 10.0. The summed E-state index contributed by atoms with van der Waals surface area (Å²) in [6.07, 6.45) is 10.7.